The van der Waals surface area contributed by atoms with Crippen molar-refractivity contribution in [2.24, 2.45) is 5.73 Å². The van der Waals surface area contributed by atoms with Gasteiger partial charge in [-0.1, -0.05) is 39.7 Å². The molecule has 0 spiro atoms. The van der Waals surface area contributed by atoms with E-state index in [0.717, 1.165) is 10.0 Å². The van der Waals surface area contributed by atoms with Gasteiger partial charge in [-0.15, -0.1) is 0 Å². The molecule has 0 saturated carbocycles. The Morgan fingerprint density at radius 2 is 2.00 bits per heavy atom. The van der Waals surface area contributed by atoms with Crippen LogP contribution < -0.4 is 5.73 Å². The van der Waals surface area contributed by atoms with Crippen LogP contribution in [-0.2, 0) is 0 Å². The molecule has 0 aliphatic carbocycles. The lowest BCUT2D eigenvalue weighted by Crippen LogP contribution is -2.11. The summed E-state index contributed by atoms with van der Waals surface area (Å²) in [5, 5.41) is 1.27. The van der Waals surface area contributed by atoms with E-state index in [9.17, 15) is 4.39 Å². The fourth-order valence-electron chi connectivity index (χ4n) is 2.11. The Bertz CT molecular complexity index is 787. The van der Waals surface area contributed by atoms with Crippen molar-refractivity contribution in [2.75, 3.05) is 0 Å². The van der Waals surface area contributed by atoms with Gasteiger partial charge in [0.25, 0.3) is 0 Å². The number of fused-ring (bicyclic) bond motifs is 1. The van der Waals surface area contributed by atoms with Crippen LogP contribution in [0.4, 0.5) is 4.39 Å². The third-order valence-electron chi connectivity index (χ3n) is 3.11. The van der Waals surface area contributed by atoms with E-state index in [1.165, 1.54) is 6.07 Å². The Kier molecular flexibility index (Phi) is 3.54. The van der Waals surface area contributed by atoms with Crippen molar-refractivity contribution in [3.63, 3.8) is 0 Å². The fourth-order valence-corrected chi connectivity index (χ4v) is 2.78. The monoisotopic (exact) mass is 353 g/mol. The first-order chi connectivity index (χ1) is 9.56. The molecule has 1 atom stereocenters. The van der Waals surface area contributed by atoms with Gasteiger partial charge in [0, 0.05) is 14.9 Å². The van der Waals surface area contributed by atoms with Gasteiger partial charge in [-0.2, -0.15) is 0 Å². The molecule has 0 aliphatic heterocycles. The molecule has 0 bridgehead atoms. The second-order valence-corrected chi connectivity index (χ2v) is 5.74. The minimum Gasteiger partial charge on any atom is -0.456 e. The number of furan rings is 1. The summed E-state index contributed by atoms with van der Waals surface area (Å²) in [5.74, 6) is 0.0965. The number of rotatable bonds is 2. The predicted molar refractivity (Wildman–Crippen MR) is 81.4 cm³/mol. The topological polar surface area (TPSA) is 39.2 Å². The van der Waals surface area contributed by atoms with Crippen molar-refractivity contribution < 1.29 is 8.81 Å². The van der Waals surface area contributed by atoms with E-state index in [2.05, 4.69) is 15.9 Å². The smallest absolute Gasteiger partial charge is 0.169 e. The summed E-state index contributed by atoms with van der Waals surface area (Å²) in [7, 11) is 0. The summed E-state index contributed by atoms with van der Waals surface area (Å²) >= 11 is 9.42. The SMILES string of the molecule is NC(c1cc2cccc(F)c2o1)c1cc(Cl)ccc1Br. The zero-order chi connectivity index (χ0) is 14.3. The third kappa shape index (κ3) is 2.35. The van der Waals surface area contributed by atoms with Gasteiger partial charge >= 0.3 is 0 Å². The Balaban J connectivity index is 2.10. The Hall–Kier alpha value is -1.36. The van der Waals surface area contributed by atoms with Gasteiger partial charge in [-0.25, -0.2) is 4.39 Å². The summed E-state index contributed by atoms with van der Waals surface area (Å²) in [5.41, 5.74) is 7.20. The van der Waals surface area contributed by atoms with E-state index < -0.39 is 11.9 Å². The standard InChI is InChI=1S/C15H10BrClFNO/c16-11-5-4-9(17)7-10(11)14(19)13-6-8-2-1-3-12(18)15(8)20-13/h1-7,14H,19H2. The molecule has 1 unspecified atom stereocenters. The minimum absolute atomic E-state index is 0.219. The number of nitrogens with two attached hydrogens (primary N) is 1. The maximum absolute atomic E-state index is 13.6. The minimum atomic E-state index is -0.519. The Morgan fingerprint density at radius 3 is 2.75 bits per heavy atom. The van der Waals surface area contributed by atoms with Gasteiger partial charge in [0.05, 0.1) is 6.04 Å². The molecule has 3 rings (SSSR count). The lowest BCUT2D eigenvalue weighted by atomic mass is 10.1. The van der Waals surface area contributed by atoms with Crippen LogP contribution in [0.5, 0.6) is 0 Å². The highest BCUT2D eigenvalue weighted by atomic mass is 79.9. The summed E-state index contributed by atoms with van der Waals surface area (Å²) < 4.78 is 20.0. The third-order valence-corrected chi connectivity index (χ3v) is 4.07. The van der Waals surface area contributed by atoms with Crippen molar-refractivity contribution in [3.05, 3.63) is 69.1 Å². The zero-order valence-corrected chi connectivity index (χ0v) is 12.6. The maximum atomic E-state index is 13.6. The largest absolute Gasteiger partial charge is 0.456 e. The normalized spacial score (nSPS) is 12.8. The summed E-state index contributed by atoms with van der Waals surface area (Å²) in [6.07, 6.45) is 0. The van der Waals surface area contributed by atoms with E-state index >= 15 is 0 Å². The van der Waals surface area contributed by atoms with Crippen LogP contribution in [-0.4, -0.2) is 0 Å². The molecule has 0 amide bonds. The average Bonchev–Trinajstić information content (AvgIpc) is 2.86. The van der Waals surface area contributed by atoms with Gasteiger partial charge in [0.15, 0.2) is 11.4 Å². The molecule has 1 aromatic heterocycles. The molecule has 102 valence electrons. The van der Waals surface area contributed by atoms with Gasteiger partial charge in [0.1, 0.15) is 5.76 Å². The molecule has 0 fully saturated rings. The highest BCUT2D eigenvalue weighted by Crippen LogP contribution is 2.32. The summed E-state index contributed by atoms with van der Waals surface area (Å²) in [6, 6.07) is 11.4. The van der Waals surface area contributed by atoms with Crippen molar-refractivity contribution >= 4 is 38.5 Å². The van der Waals surface area contributed by atoms with Crippen molar-refractivity contribution in [3.8, 4) is 0 Å². The van der Waals surface area contributed by atoms with Crippen molar-refractivity contribution in [1.29, 1.82) is 0 Å². The van der Waals surface area contributed by atoms with Crippen LogP contribution in [0.25, 0.3) is 11.0 Å². The summed E-state index contributed by atoms with van der Waals surface area (Å²) in [4.78, 5) is 0. The fraction of sp³-hybridized carbons (Fsp3) is 0.0667. The maximum Gasteiger partial charge on any atom is 0.169 e. The number of hydrogen-bond donors (Lipinski definition) is 1. The molecule has 2 N–H and O–H groups in total. The van der Waals surface area contributed by atoms with Crippen LogP contribution >= 0.6 is 27.5 Å². The molecule has 1 heterocycles. The van der Waals surface area contributed by atoms with E-state index in [-0.39, 0.29) is 5.58 Å². The Labute approximate surface area is 128 Å². The summed E-state index contributed by atoms with van der Waals surface area (Å²) in [6.45, 7) is 0. The molecule has 2 aromatic carbocycles. The number of halogens is 3. The molecule has 0 aliphatic rings. The molecule has 0 saturated heterocycles. The second kappa shape index (κ2) is 5.20. The van der Waals surface area contributed by atoms with Gasteiger partial charge in [-0.05, 0) is 35.9 Å². The Morgan fingerprint density at radius 1 is 1.20 bits per heavy atom. The van der Waals surface area contributed by atoms with Gasteiger partial charge in [0.2, 0.25) is 0 Å². The van der Waals surface area contributed by atoms with E-state index in [4.69, 9.17) is 21.8 Å². The first-order valence-corrected chi connectivity index (χ1v) is 7.12. The highest BCUT2D eigenvalue weighted by Gasteiger charge is 2.18. The lowest BCUT2D eigenvalue weighted by Gasteiger charge is -2.11. The molecular formula is C15H10BrClFNO. The van der Waals surface area contributed by atoms with Crippen molar-refractivity contribution in [2.45, 2.75) is 6.04 Å². The second-order valence-electron chi connectivity index (χ2n) is 4.45. The number of benzene rings is 2. The highest BCUT2D eigenvalue weighted by molar-refractivity contribution is 9.10. The first kappa shape index (κ1) is 13.6. The van der Waals surface area contributed by atoms with E-state index in [0.29, 0.717) is 16.2 Å². The predicted octanol–water partition coefficient (Wildman–Crippen LogP) is 5.04. The molecule has 20 heavy (non-hydrogen) atoms. The van der Waals surface area contributed by atoms with Gasteiger partial charge < -0.3 is 10.2 Å². The molecular weight excluding hydrogens is 345 g/mol. The van der Waals surface area contributed by atoms with Gasteiger partial charge in [-0.3, -0.25) is 0 Å². The average molecular weight is 355 g/mol. The molecule has 2 nitrogen and oxygen atoms in total. The number of hydrogen-bond acceptors (Lipinski definition) is 2. The molecule has 5 heteroatoms. The van der Waals surface area contributed by atoms with Crippen LogP contribution in [0.15, 0.2) is 51.4 Å². The number of para-hydroxylation sites is 1. The van der Waals surface area contributed by atoms with Crippen LogP contribution in [0.2, 0.25) is 5.02 Å². The molecule has 0 radical (unpaired) electrons. The quantitative estimate of drug-likeness (QED) is 0.700. The molecule has 3 aromatic rings. The first-order valence-electron chi connectivity index (χ1n) is 5.95. The van der Waals surface area contributed by atoms with Crippen LogP contribution in [0.1, 0.15) is 17.4 Å². The van der Waals surface area contributed by atoms with E-state index in [1.54, 1.807) is 30.3 Å². The van der Waals surface area contributed by atoms with Crippen LogP contribution in [0, 0.1) is 5.82 Å². The zero-order valence-electron chi connectivity index (χ0n) is 10.2. The van der Waals surface area contributed by atoms with E-state index in [1.807, 2.05) is 6.07 Å². The van der Waals surface area contributed by atoms with Crippen LogP contribution in [0.3, 0.4) is 0 Å². The van der Waals surface area contributed by atoms with Crippen molar-refractivity contribution in [1.82, 2.24) is 0 Å². The lowest BCUT2D eigenvalue weighted by molar-refractivity contribution is 0.502.